The minimum Gasteiger partial charge on any atom is -0.508 e. The number of rotatable bonds is 3. The van der Waals surface area contributed by atoms with E-state index < -0.39 is 11.8 Å². The molecule has 0 atom stereocenters. The highest BCUT2D eigenvalue weighted by Crippen LogP contribution is 2.21. The van der Waals surface area contributed by atoms with E-state index in [4.69, 9.17) is 0 Å². The van der Waals surface area contributed by atoms with E-state index in [1.807, 2.05) is 0 Å². The smallest absolute Gasteiger partial charge is 0.379 e. The predicted octanol–water partition coefficient (Wildman–Crippen LogP) is 1.75. The third kappa shape index (κ3) is 2.39. The first-order valence-electron chi connectivity index (χ1n) is 4.99. The largest absolute Gasteiger partial charge is 0.508 e. The number of hydrogen-bond acceptors (Lipinski definition) is 4. The van der Waals surface area contributed by atoms with Gasteiger partial charge in [-0.3, -0.25) is 4.79 Å². The van der Waals surface area contributed by atoms with Gasteiger partial charge in [0.15, 0.2) is 0 Å². The third-order valence-corrected chi connectivity index (χ3v) is 2.21. The number of benzene rings is 1. The summed E-state index contributed by atoms with van der Waals surface area (Å²) in [6.45, 7) is 5.14. The van der Waals surface area contributed by atoms with E-state index in [1.54, 1.807) is 20.8 Å². The van der Waals surface area contributed by atoms with E-state index in [1.165, 1.54) is 12.1 Å². The average molecular weight is 222 g/mol. The Morgan fingerprint density at radius 1 is 1.25 bits per heavy atom. The number of aryl methyl sites for hydroxylation is 2. The van der Waals surface area contributed by atoms with Gasteiger partial charge in [0.1, 0.15) is 5.75 Å². The molecule has 0 heterocycles. The molecular formula is C12H14O4. The van der Waals surface area contributed by atoms with Crippen LogP contribution in [-0.4, -0.2) is 23.5 Å². The molecule has 1 aromatic carbocycles. The van der Waals surface area contributed by atoms with Crippen molar-refractivity contribution < 1.29 is 19.4 Å². The molecule has 0 aromatic heterocycles. The topological polar surface area (TPSA) is 63.6 Å². The number of Topliss-reactive ketones (excluding diaryl/α,β-unsaturated/α-hetero) is 1. The van der Waals surface area contributed by atoms with Crippen molar-refractivity contribution in [1.82, 2.24) is 0 Å². The number of carbonyl (C=O) groups is 2. The van der Waals surface area contributed by atoms with Gasteiger partial charge in [0.05, 0.1) is 6.61 Å². The number of esters is 1. The zero-order valence-electron chi connectivity index (χ0n) is 9.53. The van der Waals surface area contributed by atoms with Gasteiger partial charge < -0.3 is 9.84 Å². The number of carbonyl (C=O) groups excluding carboxylic acids is 2. The second-order valence-corrected chi connectivity index (χ2v) is 3.50. The van der Waals surface area contributed by atoms with Crippen LogP contribution in [-0.2, 0) is 9.53 Å². The highest BCUT2D eigenvalue weighted by Gasteiger charge is 2.21. The summed E-state index contributed by atoms with van der Waals surface area (Å²) in [4.78, 5) is 23.0. The van der Waals surface area contributed by atoms with Crippen molar-refractivity contribution in [2.75, 3.05) is 6.61 Å². The van der Waals surface area contributed by atoms with Gasteiger partial charge in [0.25, 0.3) is 5.78 Å². The van der Waals surface area contributed by atoms with Crippen LogP contribution in [0.3, 0.4) is 0 Å². The monoisotopic (exact) mass is 222 g/mol. The Kier molecular flexibility index (Phi) is 3.66. The van der Waals surface area contributed by atoms with Crippen LogP contribution in [0.25, 0.3) is 0 Å². The molecule has 86 valence electrons. The molecule has 16 heavy (non-hydrogen) atoms. The Labute approximate surface area is 93.9 Å². The van der Waals surface area contributed by atoms with E-state index in [2.05, 4.69) is 4.74 Å². The van der Waals surface area contributed by atoms with Gasteiger partial charge in [0, 0.05) is 5.56 Å². The maximum absolute atomic E-state index is 11.7. The Morgan fingerprint density at radius 2 is 1.75 bits per heavy atom. The van der Waals surface area contributed by atoms with Crippen molar-refractivity contribution in [2.45, 2.75) is 20.8 Å². The van der Waals surface area contributed by atoms with Crippen molar-refractivity contribution in [1.29, 1.82) is 0 Å². The fourth-order valence-corrected chi connectivity index (χ4v) is 1.60. The first kappa shape index (κ1) is 12.2. The molecule has 0 bridgehead atoms. The molecule has 0 saturated heterocycles. The van der Waals surface area contributed by atoms with Gasteiger partial charge in [-0.2, -0.15) is 0 Å². The lowest BCUT2D eigenvalue weighted by atomic mass is 9.99. The second-order valence-electron chi connectivity index (χ2n) is 3.50. The van der Waals surface area contributed by atoms with Crippen molar-refractivity contribution in [3.63, 3.8) is 0 Å². The summed E-state index contributed by atoms with van der Waals surface area (Å²) < 4.78 is 4.65. The third-order valence-electron chi connectivity index (χ3n) is 2.21. The number of phenols is 1. The lowest BCUT2D eigenvalue weighted by molar-refractivity contribution is -0.137. The molecule has 0 aliphatic carbocycles. The summed E-state index contributed by atoms with van der Waals surface area (Å²) in [5, 5.41) is 9.31. The minimum atomic E-state index is -0.862. The van der Waals surface area contributed by atoms with E-state index in [-0.39, 0.29) is 12.4 Å². The summed E-state index contributed by atoms with van der Waals surface area (Å²) in [7, 11) is 0. The van der Waals surface area contributed by atoms with Crippen LogP contribution >= 0.6 is 0 Å². The molecular weight excluding hydrogens is 208 g/mol. The van der Waals surface area contributed by atoms with Crippen LogP contribution in [0.4, 0.5) is 0 Å². The Hall–Kier alpha value is -1.84. The van der Waals surface area contributed by atoms with Gasteiger partial charge in [0.2, 0.25) is 0 Å². The Bertz CT molecular complexity index is 412. The molecule has 4 heteroatoms. The van der Waals surface area contributed by atoms with Crippen molar-refractivity contribution >= 4 is 11.8 Å². The number of aromatic hydroxyl groups is 1. The molecule has 1 rings (SSSR count). The zero-order chi connectivity index (χ0) is 12.3. The first-order valence-corrected chi connectivity index (χ1v) is 4.99. The lowest BCUT2D eigenvalue weighted by Gasteiger charge is -2.08. The molecule has 0 fully saturated rings. The van der Waals surface area contributed by atoms with Gasteiger partial charge in [-0.05, 0) is 44.0 Å². The summed E-state index contributed by atoms with van der Waals surface area (Å²) >= 11 is 0. The summed E-state index contributed by atoms with van der Waals surface area (Å²) in [6.07, 6.45) is 0. The quantitative estimate of drug-likeness (QED) is 0.481. The number of ketones is 1. The molecule has 0 aliphatic rings. The molecule has 0 spiro atoms. The molecule has 0 amide bonds. The predicted molar refractivity (Wildman–Crippen MR) is 58.5 cm³/mol. The van der Waals surface area contributed by atoms with Crippen LogP contribution in [0.5, 0.6) is 5.75 Å². The Morgan fingerprint density at radius 3 is 2.19 bits per heavy atom. The maximum Gasteiger partial charge on any atom is 0.379 e. The van der Waals surface area contributed by atoms with Crippen LogP contribution in [0.1, 0.15) is 28.4 Å². The number of hydrogen-bond donors (Lipinski definition) is 1. The highest BCUT2D eigenvalue weighted by molar-refractivity contribution is 6.41. The van der Waals surface area contributed by atoms with Gasteiger partial charge in [-0.15, -0.1) is 0 Å². The normalized spacial score (nSPS) is 9.94. The van der Waals surface area contributed by atoms with E-state index in [0.717, 1.165) is 0 Å². The fourth-order valence-electron chi connectivity index (χ4n) is 1.60. The SMILES string of the molecule is CCOC(=O)C(=O)c1c(C)cc(O)cc1C. The molecule has 4 nitrogen and oxygen atoms in total. The molecule has 1 aromatic rings. The molecule has 0 unspecified atom stereocenters. The first-order chi connectivity index (χ1) is 7.47. The van der Waals surface area contributed by atoms with Crippen LogP contribution < -0.4 is 0 Å². The van der Waals surface area contributed by atoms with E-state index in [9.17, 15) is 14.7 Å². The maximum atomic E-state index is 11.7. The van der Waals surface area contributed by atoms with E-state index >= 15 is 0 Å². The van der Waals surface area contributed by atoms with Crippen LogP contribution in [0.2, 0.25) is 0 Å². The summed E-state index contributed by atoms with van der Waals surface area (Å²) in [6, 6.07) is 2.89. The summed E-state index contributed by atoms with van der Waals surface area (Å²) in [5.41, 5.74) is 1.43. The standard InChI is InChI=1S/C12H14O4/c1-4-16-12(15)11(14)10-7(2)5-9(13)6-8(10)3/h5-6,13H,4H2,1-3H3. The zero-order valence-corrected chi connectivity index (χ0v) is 9.53. The van der Waals surface area contributed by atoms with Crippen LogP contribution in [0.15, 0.2) is 12.1 Å². The summed E-state index contributed by atoms with van der Waals surface area (Å²) in [5.74, 6) is -1.45. The molecule has 0 radical (unpaired) electrons. The fraction of sp³-hybridized carbons (Fsp3) is 0.333. The van der Waals surface area contributed by atoms with Gasteiger partial charge in [-0.1, -0.05) is 0 Å². The molecule has 1 N–H and O–H groups in total. The van der Waals surface area contributed by atoms with Crippen LogP contribution in [0, 0.1) is 13.8 Å². The van der Waals surface area contributed by atoms with Gasteiger partial charge >= 0.3 is 5.97 Å². The lowest BCUT2D eigenvalue weighted by Crippen LogP contribution is -2.19. The number of phenolic OH excluding ortho intramolecular Hbond substituents is 1. The van der Waals surface area contributed by atoms with Crippen molar-refractivity contribution in [2.24, 2.45) is 0 Å². The highest BCUT2D eigenvalue weighted by atomic mass is 16.5. The molecule has 0 saturated carbocycles. The Balaban J connectivity index is 3.14. The number of ether oxygens (including phenoxy) is 1. The van der Waals surface area contributed by atoms with Crippen molar-refractivity contribution in [3.8, 4) is 5.75 Å². The molecule has 0 aliphatic heterocycles. The van der Waals surface area contributed by atoms with Crippen molar-refractivity contribution in [3.05, 3.63) is 28.8 Å². The minimum absolute atomic E-state index is 0.0791. The van der Waals surface area contributed by atoms with Gasteiger partial charge in [-0.25, -0.2) is 4.79 Å². The van der Waals surface area contributed by atoms with E-state index in [0.29, 0.717) is 16.7 Å². The average Bonchev–Trinajstić information content (AvgIpc) is 2.16. The second kappa shape index (κ2) is 4.79.